The van der Waals surface area contributed by atoms with Crippen LogP contribution in [0, 0.1) is 13.8 Å². The molecule has 0 saturated heterocycles. The Kier molecular flexibility index (Phi) is 5.11. The van der Waals surface area contributed by atoms with Crippen molar-refractivity contribution in [3.8, 4) is 0 Å². The molecule has 0 bridgehead atoms. The molecule has 0 aliphatic heterocycles. The Labute approximate surface area is 122 Å². The topological polar surface area (TPSA) is 66.5 Å². The van der Waals surface area contributed by atoms with E-state index >= 15 is 0 Å². The lowest BCUT2D eigenvalue weighted by molar-refractivity contribution is -0.116. The highest BCUT2D eigenvalue weighted by molar-refractivity contribution is 9.10. The molecule has 1 rings (SSSR count). The van der Waals surface area contributed by atoms with E-state index in [4.69, 9.17) is 0 Å². The van der Waals surface area contributed by atoms with Crippen molar-refractivity contribution in [2.75, 3.05) is 25.2 Å². The lowest BCUT2D eigenvalue weighted by Gasteiger charge is -2.16. The Bertz CT molecular complexity index is 576. The highest BCUT2D eigenvalue weighted by Crippen LogP contribution is 2.25. The number of carbonyl (C=O) groups is 1. The van der Waals surface area contributed by atoms with Crippen LogP contribution in [0.15, 0.2) is 16.6 Å². The van der Waals surface area contributed by atoms with Crippen molar-refractivity contribution in [2.45, 2.75) is 13.8 Å². The maximum Gasteiger partial charge on any atom is 0.239 e. The molecule has 0 unspecified atom stereocenters. The first kappa shape index (κ1) is 16.1. The van der Waals surface area contributed by atoms with Gasteiger partial charge in [0.25, 0.3) is 0 Å². The molecular formula is C12H17BrN2O3S. The van der Waals surface area contributed by atoms with Gasteiger partial charge in [-0.2, -0.15) is 4.31 Å². The third-order valence-corrected chi connectivity index (χ3v) is 4.41. The van der Waals surface area contributed by atoms with E-state index < -0.39 is 10.0 Å². The fourth-order valence-electron chi connectivity index (χ4n) is 1.61. The van der Waals surface area contributed by atoms with Crippen LogP contribution in [0.25, 0.3) is 0 Å². The quantitative estimate of drug-likeness (QED) is 0.903. The van der Waals surface area contributed by atoms with Crippen molar-refractivity contribution in [1.82, 2.24) is 4.31 Å². The van der Waals surface area contributed by atoms with Crippen LogP contribution in [0.3, 0.4) is 0 Å². The fraction of sp³-hybridized carbons (Fsp3) is 0.417. The van der Waals surface area contributed by atoms with Gasteiger partial charge in [0.15, 0.2) is 0 Å². The van der Waals surface area contributed by atoms with Gasteiger partial charge in [0, 0.05) is 17.2 Å². The molecule has 7 heteroatoms. The van der Waals surface area contributed by atoms with E-state index in [0.717, 1.165) is 31.8 Å². The molecule has 0 spiro atoms. The first-order valence-electron chi connectivity index (χ1n) is 5.59. The summed E-state index contributed by atoms with van der Waals surface area (Å²) in [5.74, 6) is -0.360. The molecule has 0 atom stereocenters. The molecule has 0 saturated carbocycles. The van der Waals surface area contributed by atoms with Gasteiger partial charge < -0.3 is 5.32 Å². The number of hydrogen-bond acceptors (Lipinski definition) is 3. The van der Waals surface area contributed by atoms with Gasteiger partial charge in [0.1, 0.15) is 0 Å². The summed E-state index contributed by atoms with van der Waals surface area (Å²) < 4.78 is 24.4. The van der Waals surface area contributed by atoms with Gasteiger partial charge in [-0.1, -0.05) is 15.9 Å². The number of aryl methyl sites for hydroxylation is 2. The first-order chi connectivity index (χ1) is 8.61. The summed E-state index contributed by atoms with van der Waals surface area (Å²) in [6.45, 7) is 3.56. The van der Waals surface area contributed by atoms with Crippen molar-refractivity contribution in [1.29, 1.82) is 0 Å². The summed E-state index contributed by atoms with van der Waals surface area (Å²) >= 11 is 3.38. The molecule has 1 aromatic rings. The Morgan fingerprint density at radius 3 is 2.21 bits per heavy atom. The summed E-state index contributed by atoms with van der Waals surface area (Å²) in [7, 11) is -1.98. The Balaban J connectivity index is 2.84. The third-order valence-electron chi connectivity index (χ3n) is 2.69. The Morgan fingerprint density at radius 1 is 1.32 bits per heavy atom. The number of anilines is 1. The van der Waals surface area contributed by atoms with Crippen LogP contribution in [-0.4, -0.2) is 38.5 Å². The predicted molar refractivity (Wildman–Crippen MR) is 79.7 cm³/mol. The summed E-state index contributed by atoms with van der Waals surface area (Å²) in [5.41, 5.74) is 2.56. The monoisotopic (exact) mass is 348 g/mol. The molecule has 0 aliphatic carbocycles. The maximum absolute atomic E-state index is 11.8. The van der Waals surface area contributed by atoms with E-state index in [9.17, 15) is 13.2 Å². The van der Waals surface area contributed by atoms with E-state index in [2.05, 4.69) is 21.2 Å². The number of halogens is 1. The average Bonchev–Trinajstić information content (AvgIpc) is 2.21. The number of hydrogen-bond donors (Lipinski definition) is 1. The minimum absolute atomic E-state index is 0.201. The molecular weight excluding hydrogens is 332 g/mol. The van der Waals surface area contributed by atoms with Crippen molar-refractivity contribution < 1.29 is 13.2 Å². The zero-order valence-corrected chi connectivity index (χ0v) is 13.7. The van der Waals surface area contributed by atoms with Gasteiger partial charge in [-0.05, 0) is 37.1 Å². The number of benzene rings is 1. The average molecular weight is 349 g/mol. The number of rotatable bonds is 4. The van der Waals surface area contributed by atoms with E-state index in [1.54, 1.807) is 0 Å². The zero-order chi connectivity index (χ0) is 14.8. The highest BCUT2D eigenvalue weighted by atomic mass is 79.9. The third kappa shape index (κ3) is 4.59. The van der Waals surface area contributed by atoms with Gasteiger partial charge >= 0.3 is 0 Å². The molecule has 0 aliphatic rings. The minimum Gasteiger partial charge on any atom is -0.324 e. The van der Waals surface area contributed by atoms with Crippen molar-refractivity contribution in [3.63, 3.8) is 0 Å². The van der Waals surface area contributed by atoms with Crippen LogP contribution in [-0.2, 0) is 14.8 Å². The molecule has 19 heavy (non-hydrogen) atoms. The molecule has 0 heterocycles. The second-order valence-electron chi connectivity index (χ2n) is 4.48. The van der Waals surface area contributed by atoms with Crippen LogP contribution in [0.4, 0.5) is 5.69 Å². The first-order valence-corrected chi connectivity index (χ1v) is 8.23. The zero-order valence-electron chi connectivity index (χ0n) is 11.3. The highest BCUT2D eigenvalue weighted by Gasteiger charge is 2.16. The van der Waals surface area contributed by atoms with E-state index in [1.165, 1.54) is 7.05 Å². The Morgan fingerprint density at radius 2 is 1.79 bits per heavy atom. The van der Waals surface area contributed by atoms with Crippen LogP contribution in [0.1, 0.15) is 11.1 Å². The van der Waals surface area contributed by atoms with Crippen molar-refractivity contribution >= 4 is 37.5 Å². The van der Waals surface area contributed by atoms with Gasteiger partial charge in [0.05, 0.1) is 12.8 Å². The SMILES string of the molecule is Cc1cc(Br)cc(C)c1NC(=O)CN(C)S(C)(=O)=O. The molecule has 0 radical (unpaired) electrons. The molecule has 5 nitrogen and oxygen atoms in total. The van der Waals surface area contributed by atoms with Crippen LogP contribution in [0.5, 0.6) is 0 Å². The largest absolute Gasteiger partial charge is 0.324 e. The predicted octanol–water partition coefficient (Wildman–Crippen LogP) is 1.90. The van der Waals surface area contributed by atoms with Crippen molar-refractivity contribution in [3.05, 3.63) is 27.7 Å². The maximum atomic E-state index is 11.8. The van der Waals surface area contributed by atoms with Crippen LogP contribution < -0.4 is 5.32 Å². The van der Waals surface area contributed by atoms with Crippen LogP contribution in [0.2, 0.25) is 0 Å². The minimum atomic E-state index is -3.35. The number of nitrogens with zero attached hydrogens (tertiary/aromatic N) is 1. The van der Waals surface area contributed by atoms with E-state index in [0.29, 0.717) is 0 Å². The number of sulfonamides is 1. The summed E-state index contributed by atoms with van der Waals surface area (Å²) in [6, 6.07) is 3.78. The summed E-state index contributed by atoms with van der Waals surface area (Å²) in [5, 5.41) is 2.74. The smallest absolute Gasteiger partial charge is 0.239 e. The summed E-state index contributed by atoms with van der Waals surface area (Å²) in [6.07, 6.45) is 1.07. The number of carbonyl (C=O) groups excluding carboxylic acids is 1. The molecule has 1 amide bonds. The fourth-order valence-corrected chi connectivity index (χ4v) is 2.64. The molecule has 1 aromatic carbocycles. The molecule has 0 fully saturated rings. The molecule has 1 N–H and O–H groups in total. The van der Waals surface area contributed by atoms with Crippen LogP contribution >= 0.6 is 15.9 Å². The number of amides is 1. The second-order valence-corrected chi connectivity index (χ2v) is 7.49. The van der Waals surface area contributed by atoms with Gasteiger partial charge in [-0.25, -0.2) is 8.42 Å². The normalized spacial score (nSPS) is 11.7. The Hall–Kier alpha value is -0.920. The lowest BCUT2D eigenvalue weighted by atomic mass is 10.1. The van der Waals surface area contributed by atoms with Gasteiger partial charge in [-0.3, -0.25) is 4.79 Å². The molecule has 106 valence electrons. The summed E-state index contributed by atoms with van der Waals surface area (Å²) in [4.78, 5) is 11.8. The van der Waals surface area contributed by atoms with E-state index in [1.807, 2.05) is 26.0 Å². The van der Waals surface area contributed by atoms with Crippen molar-refractivity contribution in [2.24, 2.45) is 0 Å². The van der Waals surface area contributed by atoms with Gasteiger partial charge in [0.2, 0.25) is 15.9 Å². The second kappa shape index (κ2) is 6.02. The lowest BCUT2D eigenvalue weighted by Crippen LogP contribution is -2.34. The number of likely N-dealkylation sites (N-methyl/N-ethyl adjacent to an activating group) is 1. The molecule has 0 aromatic heterocycles. The standard InChI is InChI=1S/C12H17BrN2O3S/c1-8-5-10(13)6-9(2)12(8)14-11(16)7-15(3)19(4,17)18/h5-6H,7H2,1-4H3,(H,14,16). The van der Waals surface area contributed by atoms with E-state index in [-0.39, 0.29) is 12.5 Å². The van der Waals surface area contributed by atoms with Gasteiger partial charge in [-0.15, -0.1) is 0 Å². The number of nitrogens with one attached hydrogen (secondary N) is 1.